The van der Waals surface area contributed by atoms with Crippen LogP contribution in [0.4, 0.5) is 0 Å². The average molecular weight is 171 g/mol. The number of thioether (sulfide) groups is 1. The Morgan fingerprint density at radius 2 is 2.09 bits per heavy atom. The summed E-state index contributed by atoms with van der Waals surface area (Å²) in [6, 6.07) is 0. The fraction of sp³-hybridized carbons (Fsp3) is 0.875. The first-order chi connectivity index (χ1) is 5.33. The lowest BCUT2D eigenvalue weighted by molar-refractivity contribution is 0.153. The lowest BCUT2D eigenvalue weighted by atomic mass is 9.90. The average Bonchev–Trinajstić information content (AvgIpc) is 2.50. The van der Waals surface area contributed by atoms with Crippen molar-refractivity contribution in [3.8, 4) is 5.40 Å². The van der Waals surface area contributed by atoms with Crippen molar-refractivity contribution in [1.82, 2.24) is 0 Å². The van der Waals surface area contributed by atoms with Crippen LogP contribution in [-0.4, -0.2) is 17.5 Å². The monoisotopic (exact) mass is 171 g/mol. The number of nitriles is 1. The van der Waals surface area contributed by atoms with Gasteiger partial charge in [-0.1, -0.05) is 12.8 Å². The Morgan fingerprint density at radius 3 is 2.55 bits per heavy atom. The molecule has 1 fully saturated rings. The third-order valence-corrected chi connectivity index (χ3v) is 3.33. The van der Waals surface area contributed by atoms with Gasteiger partial charge in [0.1, 0.15) is 5.40 Å². The third kappa shape index (κ3) is 2.11. The van der Waals surface area contributed by atoms with E-state index >= 15 is 0 Å². The van der Waals surface area contributed by atoms with Crippen molar-refractivity contribution in [3.63, 3.8) is 0 Å². The van der Waals surface area contributed by atoms with Crippen LogP contribution in [0.3, 0.4) is 0 Å². The third-order valence-electron chi connectivity index (χ3n) is 2.44. The standard InChI is InChI=1S/C8H13NOS/c9-7-11-6-8(5-10)3-1-2-4-8/h10H,1-6H2. The van der Waals surface area contributed by atoms with Gasteiger partial charge >= 0.3 is 0 Å². The zero-order chi connectivity index (χ0) is 8.16. The number of rotatable bonds is 3. The molecule has 0 aromatic rings. The van der Waals surface area contributed by atoms with E-state index in [9.17, 15) is 0 Å². The molecule has 0 radical (unpaired) electrons. The molecule has 0 aromatic carbocycles. The van der Waals surface area contributed by atoms with E-state index in [4.69, 9.17) is 10.4 Å². The van der Waals surface area contributed by atoms with Gasteiger partial charge in [-0.25, -0.2) is 0 Å². The minimum Gasteiger partial charge on any atom is -0.396 e. The quantitative estimate of drug-likeness (QED) is 0.658. The minimum atomic E-state index is 0.0837. The first kappa shape index (κ1) is 8.89. The van der Waals surface area contributed by atoms with Gasteiger partial charge in [-0.2, -0.15) is 5.26 Å². The molecule has 1 saturated carbocycles. The molecule has 0 amide bonds. The van der Waals surface area contributed by atoms with Crippen LogP contribution in [-0.2, 0) is 0 Å². The Labute approximate surface area is 71.6 Å². The molecule has 0 aromatic heterocycles. The molecule has 1 aliphatic rings. The molecule has 0 unspecified atom stereocenters. The summed E-state index contributed by atoms with van der Waals surface area (Å²) in [4.78, 5) is 0. The molecule has 1 aliphatic carbocycles. The molecule has 0 saturated heterocycles. The number of hydrogen-bond acceptors (Lipinski definition) is 3. The number of nitrogens with zero attached hydrogens (tertiary/aromatic N) is 1. The van der Waals surface area contributed by atoms with Crippen LogP contribution in [0.1, 0.15) is 25.7 Å². The Balaban J connectivity index is 2.40. The van der Waals surface area contributed by atoms with Gasteiger partial charge in [0.25, 0.3) is 0 Å². The highest BCUT2D eigenvalue weighted by atomic mass is 32.2. The van der Waals surface area contributed by atoms with Crippen LogP contribution in [0.2, 0.25) is 0 Å². The maximum atomic E-state index is 9.12. The highest BCUT2D eigenvalue weighted by Crippen LogP contribution is 2.39. The van der Waals surface area contributed by atoms with Crippen LogP contribution >= 0.6 is 11.8 Å². The predicted octanol–water partition coefficient (Wildman–Crippen LogP) is 1.75. The second-order valence-corrected chi connectivity index (χ2v) is 4.01. The number of hydrogen-bond donors (Lipinski definition) is 1. The number of thiocyanates is 1. The van der Waals surface area contributed by atoms with E-state index in [0.29, 0.717) is 0 Å². The van der Waals surface area contributed by atoms with E-state index < -0.39 is 0 Å². The van der Waals surface area contributed by atoms with Crippen molar-refractivity contribution in [3.05, 3.63) is 0 Å². The highest BCUT2D eigenvalue weighted by molar-refractivity contribution is 8.03. The second-order valence-electron chi connectivity index (χ2n) is 3.25. The molecule has 3 heteroatoms. The van der Waals surface area contributed by atoms with Crippen molar-refractivity contribution >= 4 is 11.8 Å². The van der Waals surface area contributed by atoms with Gasteiger partial charge in [-0.05, 0) is 24.6 Å². The number of aliphatic hydroxyl groups is 1. The maximum Gasteiger partial charge on any atom is 0.133 e. The largest absolute Gasteiger partial charge is 0.396 e. The van der Waals surface area contributed by atoms with Crippen LogP contribution in [0.5, 0.6) is 0 Å². The molecule has 2 nitrogen and oxygen atoms in total. The molecule has 1 rings (SSSR count). The summed E-state index contributed by atoms with van der Waals surface area (Å²) < 4.78 is 0. The van der Waals surface area contributed by atoms with Crippen LogP contribution < -0.4 is 0 Å². The fourth-order valence-corrected chi connectivity index (χ4v) is 2.41. The van der Waals surface area contributed by atoms with E-state index in [0.717, 1.165) is 18.6 Å². The normalized spacial score (nSPS) is 21.5. The fourth-order valence-electron chi connectivity index (χ4n) is 1.66. The van der Waals surface area contributed by atoms with E-state index in [2.05, 4.69) is 5.40 Å². The van der Waals surface area contributed by atoms with Gasteiger partial charge in [0.05, 0.1) is 0 Å². The van der Waals surface area contributed by atoms with Gasteiger partial charge in [0.2, 0.25) is 0 Å². The maximum absolute atomic E-state index is 9.12. The van der Waals surface area contributed by atoms with Crippen LogP contribution in [0.25, 0.3) is 0 Å². The van der Waals surface area contributed by atoms with Gasteiger partial charge in [0.15, 0.2) is 0 Å². The summed E-state index contributed by atoms with van der Waals surface area (Å²) in [5, 5.41) is 19.5. The first-order valence-corrected chi connectivity index (χ1v) is 4.93. The summed E-state index contributed by atoms with van der Waals surface area (Å²) >= 11 is 1.27. The summed E-state index contributed by atoms with van der Waals surface area (Å²) in [7, 11) is 0. The topological polar surface area (TPSA) is 44.0 Å². The van der Waals surface area contributed by atoms with E-state index in [-0.39, 0.29) is 12.0 Å². The Morgan fingerprint density at radius 1 is 1.45 bits per heavy atom. The van der Waals surface area contributed by atoms with Gasteiger partial charge < -0.3 is 5.11 Å². The molecule has 11 heavy (non-hydrogen) atoms. The van der Waals surface area contributed by atoms with Crippen molar-refractivity contribution in [2.75, 3.05) is 12.4 Å². The van der Waals surface area contributed by atoms with E-state index in [1.54, 1.807) is 0 Å². The molecule has 0 bridgehead atoms. The zero-order valence-electron chi connectivity index (χ0n) is 6.55. The molecule has 0 spiro atoms. The predicted molar refractivity (Wildman–Crippen MR) is 46.1 cm³/mol. The van der Waals surface area contributed by atoms with Gasteiger partial charge in [-0.3, -0.25) is 0 Å². The first-order valence-electron chi connectivity index (χ1n) is 3.95. The Bertz CT molecular complexity index is 158. The molecule has 0 atom stereocenters. The van der Waals surface area contributed by atoms with Crippen LogP contribution in [0, 0.1) is 16.1 Å². The molecular weight excluding hydrogens is 158 g/mol. The number of aliphatic hydroxyl groups excluding tert-OH is 1. The Hall–Kier alpha value is -0.200. The van der Waals surface area contributed by atoms with Crippen molar-refractivity contribution in [2.45, 2.75) is 25.7 Å². The molecule has 0 heterocycles. The van der Waals surface area contributed by atoms with Gasteiger partial charge in [0, 0.05) is 17.8 Å². The zero-order valence-corrected chi connectivity index (χ0v) is 7.36. The molecule has 1 N–H and O–H groups in total. The SMILES string of the molecule is N#CSCC1(CO)CCCC1. The molecule has 62 valence electrons. The summed E-state index contributed by atoms with van der Waals surface area (Å²) in [5.74, 6) is 0.806. The van der Waals surface area contributed by atoms with Crippen molar-refractivity contribution in [1.29, 1.82) is 5.26 Å². The van der Waals surface area contributed by atoms with Gasteiger partial charge in [-0.15, -0.1) is 0 Å². The summed E-state index contributed by atoms with van der Waals surface area (Å²) in [6.45, 7) is 0.252. The van der Waals surface area contributed by atoms with Crippen LogP contribution in [0.15, 0.2) is 0 Å². The van der Waals surface area contributed by atoms with E-state index in [1.165, 1.54) is 24.6 Å². The summed E-state index contributed by atoms with van der Waals surface area (Å²) in [6.07, 6.45) is 4.62. The molecule has 0 aliphatic heterocycles. The molecular formula is C8H13NOS. The lowest BCUT2D eigenvalue weighted by Crippen LogP contribution is -2.23. The Kier molecular flexibility index (Phi) is 3.22. The minimum absolute atomic E-state index is 0.0837. The highest BCUT2D eigenvalue weighted by Gasteiger charge is 2.32. The second kappa shape index (κ2) is 3.99. The van der Waals surface area contributed by atoms with Crippen molar-refractivity contribution < 1.29 is 5.11 Å². The lowest BCUT2D eigenvalue weighted by Gasteiger charge is -2.23. The van der Waals surface area contributed by atoms with Crippen molar-refractivity contribution in [2.24, 2.45) is 5.41 Å². The smallest absolute Gasteiger partial charge is 0.133 e. The van der Waals surface area contributed by atoms with E-state index in [1.807, 2.05) is 0 Å². The summed E-state index contributed by atoms with van der Waals surface area (Å²) in [5.41, 5.74) is 0.0837.